The minimum absolute atomic E-state index is 0.0361. The van der Waals surface area contributed by atoms with Gasteiger partial charge in [0.15, 0.2) is 11.8 Å². The smallest absolute Gasteiger partial charge is 0.387 e. The third-order valence-electron chi connectivity index (χ3n) is 5.79. The number of amides is 3. The first-order valence-electron chi connectivity index (χ1n) is 11.3. The van der Waals surface area contributed by atoms with Crippen molar-refractivity contribution in [2.45, 2.75) is 58.7 Å². The highest BCUT2D eigenvalue weighted by molar-refractivity contribution is 6.10. The van der Waals surface area contributed by atoms with Crippen molar-refractivity contribution in [3.63, 3.8) is 0 Å². The van der Waals surface area contributed by atoms with Crippen LogP contribution in [-0.4, -0.2) is 67.6 Å². The van der Waals surface area contributed by atoms with Crippen LogP contribution in [0.15, 0.2) is 18.2 Å². The van der Waals surface area contributed by atoms with Gasteiger partial charge in [-0.25, -0.2) is 0 Å². The van der Waals surface area contributed by atoms with E-state index >= 15 is 0 Å². The largest absolute Gasteiger partial charge is 0.433 e. The van der Waals surface area contributed by atoms with Crippen molar-refractivity contribution in [1.29, 1.82) is 0 Å². The van der Waals surface area contributed by atoms with E-state index in [0.29, 0.717) is 18.8 Å². The summed E-state index contributed by atoms with van der Waals surface area (Å²) >= 11 is 0. The fourth-order valence-corrected chi connectivity index (χ4v) is 4.11. The first kappa shape index (κ1) is 25.8. The summed E-state index contributed by atoms with van der Waals surface area (Å²) in [5.41, 5.74) is 5.71. The number of hydrogen-bond acceptors (Lipinski definition) is 6. The number of carbonyl (C=O) groups excluding carboxylic acids is 3. The number of carbonyl (C=O) groups is 3. The first-order chi connectivity index (χ1) is 16.0. The molecule has 3 amide bonds. The van der Waals surface area contributed by atoms with Gasteiger partial charge in [-0.1, -0.05) is 27.2 Å². The number of anilines is 2. The summed E-state index contributed by atoms with van der Waals surface area (Å²) in [5, 5.41) is 2.54. The lowest BCUT2D eigenvalue weighted by atomic mass is 9.86. The maximum Gasteiger partial charge on any atom is 0.387 e. The fraction of sp³-hybridized carbons (Fsp3) is 0.609. The van der Waals surface area contributed by atoms with Crippen LogP contribution >= 0.6 is 0 Å². The van der Waals surface area contributed by atoms with Crippen molar-refractivity contribution in [3.8, 4) is 5.75 Å². The summed E-state index contributed by atoms with van der Waals surface area (Å²) in [5.74, 6) is -2.19. The average molecular weight is 483 g/mol. The first-order valence-corrected chi connectivity index (χ1v) is 11.3. The highest BCUT2D eigenvalue weighted by Gasteiger charge is 2.40. The van der Waals surface area contributed by atoms with Crippen molar-refractivity contribution in [1.82, 2.24) is 4.90 Å². The molecule has 0 spiro atoms. The van der Waals surface area contributed by atoms with Crippen LogP contribution in [-0.2, 0) is 19.1 Å². The molecule has 3 rings (SSSR count). The molecule has 3 N–H and O–H groups in total. The number of alkyl halides is 2. The molecule has 0 bridgehead atoms. The van der Waals surface area contributed by atoms with Gasteiger partial charge < -0.3 is 25.4 Å². The third-order valence-corrected chi connectivity index (χ3v) is 5.79. The molecule has 34 heavy (non-hydrogen) atoms. The fourth-order valence-electron chi connectivity index (χ4n) is 4.11. The second-order valence-electron chi connectivity index (χ2n) is 9.77. The summed E-state index contributed by atoms with van der Waals surface area (Å²) in [6.07, 6.45) is 2.68. The van der Waals surface area contributed by atoms with Crippen LogP contribution in [0.4, 0.5) is 20.2 Å². The topological polar surface area (TPSA) is 114 Å². The molecule has 2 fully saturated rings. The number of halogens is 2. The Morgan fingerprint density at radius 2 is 2.03 bits per heavy atom. The summed E-state index contributed by atoms with van der Waals surface area (Å²) in [6.45, 7) is 3.72. The molecule has 1 atom stereocenters. The van der Waals surface area contributed by atoms with Gasteiger partial charge >= 0.3 is 6.61 Å². The molecule has 1 aromatic rings. The van der Waals surface area contributed by atoms with Gasteiger partial charge in [-0.2, -0.15) is 8.78 Å². The Balaban J connectivity index is 1.88. The van der Waals surface area contributed by atoms with E-state index < -0.39 is 24.5 Å². The van der Waals surface area contributed by atoms with Crippen molar-refractivity contribution in [2.24, 2.45) is 11.1 Å². The van der Waals surface area contributed by atoms with Gasteiger partial charge in [0.1, 0.15) is 6.61 Å². The predicted molar refractivity (Wildman–Crippen MR) is 122 cm³/mol. The standard InChI is InChI=1S/C23H32F2N4O5/c1-23(2,3)13-29(14-5-4-6-14)19(20(26)31)21(32)27-16-8-7-15(11-17(16)34-22(24)25)28-9-10-33-12-18(28)30/h7-8,11,14,19,22H,4-6,9-10,12-13H2,1-3H3,(H2,26,31)(H,27,32)/t19-/m1/s1. The Kier molecular flexibility index (Phi) is 8.09. The lowest BCUT2D eigenvalue weighted by Gasteiger charge is -2.43. The monoisotopic (exact) mass is 482 g/mol. The van der Waals surface area contributed by atoms with Crippen LogP contribution in [0.25, 0.3) is 0 Å². The Labute approximate surface area is 197 Å². The SMILES string of the molecule is CC(C)(C)CN(C1CCC1)[C@H](C(N)=O)C(=O)Nc1ccc(N2CCOCC2=O)cc1OC(F)F. The quantitative estimate of drug-likeness (QED) is 0.523. The van der Waals surface area contributed by atoms with Crippen LogP contribution in [0.5, 0.6) is 5.75 Å². The minimum Gasteiger partial charge on any atom is -0.433 e. The summed E-state index contributed by atoms with van der Waals surface area (Å²) in [4.78, 5) is 40.9. The number of hydrogen-bond donors (Lipinski definition) is 2. The van der Waals surface area contributed by atoms with Gasteiger partial charge in [0.2, 0.25) is 5.91 Å². The zero-order valence-corrected chi connectivity index (χ0v) is 19.7. The number of benzene rings is 1. The molecule has 9 nitrogen and oxygen atoms in total. The highest BCUT2D eigenvalue weighted by atomic mass is 19.3. The molecule has 1 aliphatic heterocycles. The zero-order chi connectivity index (χ0) is 25.0. The average Bonchev–Trinajstić information content (AvgIpc) is 2.66. The summed E-state index contributed by atoms with van der Waals surface area (Å²) < 4.78 is 36.0. The van der Waals surface area contributed by atoms with E-state index in [-0.39, 0.29) is 42.0 Å². The van der Waals surface area contributed by atoms with Crippen molar-refractivity contribution >= 4 is 29.1 Å². The molecule has 1 aliphatic carbocycles. The van der Waals surface area contributed by atoms with E-state index in [9.17, 15) is 23.2 Å². The highest BCUT2D eigenvalue weighted by Crippen LogP contribution is 2.34. The van der Waals surface area contributed by atoms with E-state index in [1.807, 2.05) is 20.8 Å². The van der Waals surface area contributed by atoms with Gasteiger partial charge in [-0.3, -0.25) is 19.3 Å². The van der Waals surface area contributed by atoms with Gasteiger partial charge in [0.05, 0.1) is 12.3 Å². The Hall–Kier alpha value is -2.79. The van der Waals surface area contributed by atoms with Crippen LogP contribution in [0, 0.1) is 5.41 Å². The molecule has 2 aliphatic rings. The van der Waals surface area contributed by atoms with Crippen molar-refractivity contribution in [2.75, 3.05) is 36.5 Å². The van der Waals surface area contributed by atoms with E-state index in [1.165, 1.54) is 23.1 Å². The number of nitrogens with two attached hydrogens (primary N) is 1. The van der Waals surface area contributed by atoms with Crippen LogP contribution in [0.3, 0.4) is 0 Å². The molecule has 1 aromatic carbocycles. The van der Waals surface area contributed by atoms with Crippen molar-refractivity contribution in [3.05, 3.63) is 18.2 Å². The minimum atomic E-state index is -3.16. The Morgan fingerprint density at radius 1 is 1.32 bits per heavy atom. The summed E-state index contributed by atoms with van der Waals surface area (Å²) in [6, 6.07) is 2.89. The molecule has 188 valence electrons. The predicted octanol–water partition coefficient (Wildman–Crippen LogP) is 2.34. The zero-order valence-electron chi connectivity index (χ0n) is 19.7. The molecule has 1 saturated carbocycles. The Bertz CT molecular complexity index is 917. The molecule has 11 heteroatoms. The molecule has 0 radical (unpaired) electrons. The molecule has 0 aromatic heterocycles. The summed E-state index contributed by atoms with van der Waals surface area (Å²) in [7, 11) is 0. The van der Waals surface area contributed by atoms with E-state index in [1.54, 1.807) is 4.90 Å². The normalized spacial score (nSPS) is 18.1. The van der Waals surface area contributed by atoms with E-state index in [0.717, 1.165) is 19.3 Å². The number of nitrogens with zero attached hydrogens (tertiary/aromatic N) is 2. The molecular formula is C23H32F2N4O5. The van der Waals surface area contributed by atoms with Gasteiger partial charge in [0.25, 0.3) is 11.8 Å². The number of nitrogens with one attached hydrogen (secondary N) is 1. The van der Waals surface area contributed by atoms with Crippen molar-refractivity contribution < 1.29 is 32.6 Å². The molecule has 0 unspecified atom stereocenters. The van der Waals surface area contributed by atoms with Crippen LogP contribution < -0.4 is 20.7 Å². The van der Waals surface area contributed by atoms with Crippen LogP contribution in [0.1, 0.15) is 40.0 Å². The van der Waals surface area contributed by atoms with Gasteiger partial charge in [0, 0.05) is 30.9 Å². The maximum absolute atomic E-state index is 13.2. The van der Waals surface area contributed by atoms with E-state index in [4.69, 9.17) is 10.5 Å². The maximum atomic E-state index is 13.2. The van der Waals surface area contributed by atoms with Gasteiger partial charge in [-0.15, -0.1) is 0 Å². The van der Waals surface area contributed by atoms with Crippen LogP contribution in [0.2, 0.25) is 0 Å². The second-order valence-corrected chi connectivity index (χ2v) is 9.77. The third kappa shape index (κ3) is 6.41. The Morgan fingerprint density at radius 3 is 2.56 bits per heavy atom. The molecule has 1 saturated heterocycles. The number of rotatable bonds is 9. The molecule has 1 heterocycles. The number of morpholine rings is 1. The van der Waals surface area contributed by atoms with E-state index in [2.05, 4.69) is 10.1 Å². The molecular weight excluding hydrogens is 450 g/mol. The second kappa shape index (κ2) is 10.6. The number of primary amides is 1. The lowest BCUT2D eigenvalue weighted by Crippen LogP contribution is -2.59. The lowest BCUT2D eigenvalue weighted by molar-refractivity contribution is -0.135. The number of ether oxygens (including phenoxy) is 2. The van der Waals surface area contributed by atoms with Gasteiger partial charge in [-0.05, 0) is 30.4 Å².